The lowest BCUT2D eigenvalue weighted by atomic mass is 10.0. The van der Waals surface area contributed by atoms with E-state index in [4.69, 9.17) is 9.47 Å². The van der Waals surface area contributed by atoms with E-state index in [0.717, 1.165) is 4.47 Å². The average Bonchev–Trinajstić information content (AvgIpc) is 2.88. The molecule has 2 amide bonds. The molecule has 1 atom stereocenters. The van der Waals surface area contributed by atoms with Crippen molar-refractivity contribution in [3.8, 4) is 5.75 Å². The molecular weight excluding hydrogens is 328 g/mol. The fourth-order valence-corrected chi connectivity index (χ4v) is 2.40. The van der Waals surface area contributed by atoms with Gasteiger partial charge >= 0.3 is 6.03 Å². The number of aliphatic hydroxyl groups is 1. The molecule has 20 heavy (non-hydrogen) atoms. The maximum atomic E-state index is 12.1. The van der Waals surface area contributed by atoms with Crippen LogP contribution in [0.4, 0.5) is 10.5 Å². The highest BCUT2D eigenvalue weighted by molar-refractivity contribution is 9.10. The smallest absolute Gasteiger partial charge is 0.319 e. The van der Waals surface area contributed by atoms with Crippen LogP contribution in [0.3, 0.4) is 0 Å². The second kappa shape index (κ2) is 6.43. The molecule has 2 rings (SSSR count). The Morgan fingerprint density at radius 2 is 2.40 bits per heavy atom. The van der Waals surface area contributed by atoms with Crippen LogP contribution < -0.4 is 15.4 Å². The number of rotatable bonds is 4. The maximum Gasteiger partial charge on any atom is 0.319 e. The molecular formula is C13H17BrN2O4. The maximum absolute atomic E-state index is 12.1. The second-order valence-electron chi connectivity index (χ2n) is 4.66. The van der Waals surface area contributed by atoms with Gasteiger partial charge in [-0.25, -0.2) is 4.79 Å². The van der Waals surface area contributed by atoms with Crippen molar-refractivity contribution < 1.29 is 19.4 Å². The minimum Gasteiger partial charge on any atom is -0.495 e. The Labute approximate surface area is 125 Å². The molecule has 0 aliphatic carbocycles. The summed E-state index contributed by atoms with van der Waals surface area (Å²) in [6.45, 7) is 0.684. The van der Waals surface area contributed by atoms with E-state index in [2.05, 4.69) is 26.6 Å². The van der Waals surface area contributed by atoms with Crippen molar-refractivity contribution in [1.29, 1.82) is 0 Å². The van der Waals surface area contributed by atoms with Gasteiger partial charge in [0.25, 0.3) is 0 Å². The quantitative estimate of drug-likeness (QED) is 0.777. The first-order valence-corrected chi connectivity index (χ1v) is 6.99. The van der Waals surface area contributed by atoms with Gasteiger partial charge in [-0.2, -0.15) is 0 Å². The summed E-state index contributed by atoms with van der Waals surface area (Å²) in [5.41, 5.74) is -0.157. The number of nitrogens with one attached hydrogen (secondary N) is 2. The van der Waals surface area contributed by atoms with Crippen molar-refractivity contribution in [3.63, 3.8) is 0 Å². The molecule has 1 fully saturated rings. The summed E-state index contributed by atoms with van der Waals surface area (Å²) in [5, 5.41) is 14.9. The van der Waals surface area contributed by atoms with Crippen LogP contribution in [0.1, 0.15) is 6.42 Å². The zero-order valence-electron chi connectivity index (χ0n) is 11.1. The van der Waals surface area contributed by atoms with Gasteiger partial charge in [0.2, 0.25) is 0 Å². The predicted molar refractivity (Wildman–Crippen MR) is 78.1 cm³/mol. The number of halogens is 1. The fraction of sp³-hybridized carbons (Fsp3) is 0.462. The SMILES string of the molecule is COc1ccc(Br)cc1NC(=O)N[C@@]1(CO)CCOC1. The summed E-state index contributed by atoms with van der Waals surface area (Å²) in [6.07, 6.45) is 0.590. The molecule has 1 aromatic rings. The molecule has 6 nitrogen and oxygen atoms in total. The van der Waals surface area contributed by atoms with Crippen LogP contribution in [0.5, 0.6) is 5.75 Å². The summed E-state index contributed by atoms with van der Waals surface area (Å²) in [6, 6.07) is 4.91. The van der Waals surface area contributed by atoms with E-state index in [1.807, 2.05) is 6.07 Å². The highest BCUT2D eigenvalue weighted by Crippen LogP contribution is 2.28. The van der Waals surface area contributed by atoms with Gasteiger partial charge in [0.15, 0.2) is 0 Å². The number of benzene rings is 1. The average molecular weight is 345 g/mol. The Balaban J connectivity index is 2.06. The normalized spacial score (nSPS) is 21.6. The van der Waals surface area contributed by atoms with Crippen LogP contribution >= 0.6 is 15.9 Å². The Hall–Kier alpha value is -1.31. The lowest BCUT2D eigenvalue weighted by Crippen LogP contribution is -2.53. The van der Waals surface area contributed by atoms with Crippen LogP contribution in [0.25, 0.3) is 0 Å². The molecule has 0 bridgehead atoms. The number of aliphatic hydroxyl groups excluding tert-OH is 1. The molecule has 1 saturated heterocycles. The number of methoxy groups -OCH3 is 1. The highest BCUT2D eigenvalue weighted by atomic mass is 79.9. The van der Waals surface area contributed by atoms with Crippen molar-refractivity contribution in [2.75, 3.05) is 32.2 Å². The summed E-state index contributed by atoms with van der Waals surface area (Å²) >= 11 is 3.34. The lowest BCUT2D eigenvalue weighted by molar-refractivity contribution is 0.126. The Bertz CT molecular complexity index is 489. The molecule has 110 valence electrons. The van der Waals surface area contributed by atoms with E-state index in [0.29, 0.717) is 31.1 Å². The third-order valence-corrected chi connectivity index (χ3v) is 3.69. The number of carbonyl (C=O) groups excluding carboxylic acids is 1. The molecule has 0 radical (unpaired) electrons. The summed E-state index contributed by atoms with van der Waals surface area (Å²) in [4.78, 5) is 12.1. The van der Waals surface area contributed by atoms with Crippen molar-refractivity contribution >= 4 is 27.6 Å². The zero-order valence-corrected chi connectivity index (χ0v) is 12.7. The number of anilines is 1. The van der Waals surface area contributed by atoms with E-state index < -0.39 is 11.6 Å². The first kappa shape index (κ1) is 15.1. The molecule has 0 aromatic heterocycles. The minimum absolute atomic E-state index is 0.157. The van der Waals surface area contributed by atoms with Crippen molar-refractivity contribution in [1.82, 2.24) is 5.32 Å². The number of urea groups is 1. The Morgan fingerprint density at radius 1 is 1.60 bits per heavy atom. The van der Waals surface area contributed by atoms with Crippen LogP contribution in [0.15, 0.2) is 22.7 Å². The zero-order chi connectivity index (χ0) is 14.6. The van der Waals surface area contributed by atoms with Gasteiger partial charge in [0.1, 0.15) is 5.75 Å². The van der Waals surface area contributed by atoms with Crippen LogP contribution in [0, 0.1) is 0 Å². The van der Waals surface area contributed by atoms with Gasteiger partial charge in [-0.05, 0) is 24.6 Å². The largest absolute Gasteiger partial charge is 0.495 e. The van der Waals surface area contributed by atoms with E-state index in [-0.39, 0.29) is 6.61 Å². The van der Waals surface area contributed by atoms with Gasteiger partial charge in [-0.1, -0.05) is 15.9 Å². The number of hydrogen-bond acceptors (Lipinski definition) is 4. The highest BCUT2D eigenvalue weighted by Gasteiger charge is 2.36. The first-order valence-electron chi connectivity index (χ1n) is 6.20. The molecule has 1 aliphatic heterocycles. The number of ether oxygens (including phenoxy) is 2. The molecule has 1 aromatic carbocycles. The molecule has 1 aliphatic rings. The standard InChI is InChI=1S/C13H17BrN2O4/c1-19-11-3-2-9(14)6-10(11)15-12(18)16-13(7-17)4-5-20-8-13/h2-3,6,17H,4-5,7-8H2,1H3,(H2,15,16,18)/t13-/m1/s1. The van der Waals surface area contributed by atoms with Gasteiger partial charge in [-0.3, -0.25) is 0 Å². The van der Waals surface area contributed by atoms with Crippen LogP contribution in [-0.4, -0.2) is 43.6 Å². The molecule has 0 saturated carbocycles. The fourth-order valence-electron chi connectivity index (χ4n) is 2.04. The van der Waals surface area contributed by atoms with Gasteiger partial charge in [-0.15, -0.1) is 0 Å². The second-order valence-corrected chi connectivity index (χ2v) is 5.58. The first-order chi connectivity index (χ1) is 9.58. The molecule has 7 heteroatoms. The van der Waals surface area contributed by atoms with E-state index in [1.165, 1.54) is 7.11 Å². The summed E-state index contributed by atoms with van der Waals surface area (Å²) < 4.78 is 11.2. The minimum atomic E-state index is -0.705. The molecule has 1 heterocycles. The topological polar surface area (TPSA) is 79.8 Å². The monoisotopic (exact) mass is 344 g/mol. The Kier molecular flexibility index (Phi) is 4.85. The van der Waals surface area contributed by atoms with Crippen molar-refractivity contribution in [3.05, 3.63) is 22.7 Å². The Morgan fingerprint density at radius 3 is 3.00 bits per heavy atom. The van der Waals surface area contributed by atoms with Gasteiger partial charge < -0.3 is 25.2 Å². The van der Waals surface area contributed by atoms with Crippen molar-refractivity contribution in [2.24, 2.45) is 0 Å². The van der Waals surface area contributed by atoms with Crippen molar-refractivity contribution in [2.45, 2.75) is 12.0 Å². The molecule has 0 unspecified atom stereocenters. The number of amides is 2. The van der Waals surface area contributed by atoms with E-state index in [9.17, 15) is 9.90 Å². The number of hydrogen-bond donors (Lipinski definition) is 3. The van der Waals surface area contributed by atoms with Gasteiger partial charge in [0, 0.05) is 11.1 Å². The van der Waals surface area contributed by atoms with Gasteiger partial charge in [0.05, 0.1) is 31.5 Å². The van der Waals surface area contributed by atoms with Crippen LogP contribution in [-0.2, 0) is 4.74 Å². The summed E-state index contributed by atoms with van der Waals surface area (Å²) in [5.74, 6) is 0.559. The molecule has 0 spiro atoms. The van der Waals surface area contributed by atoms with E-state index in [1.54, 1.807) is 12.1 Å². The third kappa shape index (κ3) is 3.41. The molecule has 3 N–H and O–H groups in total. The van der Waals surface area contributed by atoms with Crippen LogP contribution in [0.2, 0.25) is 0 Å². The van der Waals surface area contributed by atoms with E-state index >= 15 is 0 Å². The predicted octanol–water partition coefficient (Wildman–Crippen LogP) is 1.73. The lowest BCUT2D eigenvalue weighted by Gasteiger charge is -2.26. The third-order valence-electron chi connectivity index (χ3n) is 3.19. The summed E-state index contributed by atoms with van der Waals surface area (Å²) in [7, 11) is 1.53. The number of carbonyl (C=O) groups is 1.